The Morgan fingerprint density at radius 1 is 1.14 bits per heavy atom. The van der Waals surface area contributed by atoms with Crippen LogP contribution in [0.4, 0.5) is 14.5 Å². The van der Waals surface area contributed by atoms with Gasteiger partial charge in [0, 0.05) is 16.8 Å². The fourth-order valence-corrected chi connectivity index (χ4v) is 4.86. The van der Waals surface area contributed by atoms with Gasteiger partial charge in [-0.3, -0.25) is 9.46 Å². The molecule has 152 valence electrons. The summed E-state index contributed by atoms with van der Waals surface area (Å²) in [4.78, 5) is -0.279. The van der Waals surface area contributed by atoms with Gasteiger partial charge in [0.2, 0.25) is 16.3 Å². The standard InChI is InChI=1S/C19H14BrF2NO4S2/c1-29(24,25)23-11-6-7-12-13-4-2-3-5-15(13)26-18(14(12)10-11)27-19(21,22)16-8-9-17(20)28-16/h2-10,18,23H,1H3. The maximum absolute atomic E-state index is 14.8. The number of alkyl halides is 2. The molecule has 0 fully saturated rings. The molecule has 1 atom stereocenters. The van der Waals surface area contributed by atoms with Crippen LogP contribution in [0.3, 0.4) is 0 Å². The zero-order valence-electron chi connectivity index (χ0n) is 14.9. The molecule has 0 amide bonds. The van der Waals surface area contributed by atoms with Crippen LogP contribution in [-0.4, -0.2) is 14.7 Å². The van der Waals surface area contributed by atoms with E-state index in [4.69, 9.17) is 9.47 Å². The van der Waals surface area contributed by atoms with Gasteiger partial charge in [0.25, 0.3) is 0 Å². The second-order valence-corrected chi connectivity index (χ2v) is 10.6. The Balaban J connectivity index is 1.77. The third-order valence-electron chi connectivity index (χ3n) is 4.14. The highest BCUT2D eigenvalue weighted by Crippen LogP contribution is 2.47. The van der Waals surface area contributed by atoms with Crippen molar-refractivity contribution < 1.29 is 26.7 Å². The van der Waals surface area contributed by atoms with E-state index in [1.54, 1.807) is 36.4 Å². The van der Waals surface area contributed by atoms with Crippen LogP contribution >= 0.6 is 27.3 Å². The maximum atomic E-state index is 14.8. The van der Waals surface area contributed by atoms with Gasteiger partial charge >= 0.3 is 6.11 Å². The molecule has 1 aliphatic rings. The van der Waals surface area contributed by atoms with Gasteiger partial charge in [0.1, 0.15) is 10.6 Å². The number of ether oxygens (including phenoxy) is 2. The van der Waals surface area contributed by atoms with E-state index in [2.05, 4.69) is 20.7 Å². The first-order valence-electron chi connectivity index (χ1n) is 8.32. The lowest BCUT2D eigenvalue weighted by atomic mass is 9.95. The largest absolute Gasteiger partial charge is 0.460 e. The van der Waals surface area contributed by atoms with Gasteiger partial charge in [0.05, 0.1) is 10.0 Å². The summed E-state index contributed by atoms with van der Waals surface area (Å²) in [6.45, 7) is 0. The number of halogens is 3. The van der Waals surface area contributed by atoms with Crippen molar-refractivity contribution in [3.05, 3.63) is 68.8 Å². The molecule has 0 bridgehead atoms. The quantitative estimate of drug-likeness (QED) is 0.486. The van der Waals surface area contributed by atoms with E-state index in [1.807, 2.05) is 0 Å². The van der Waals surface area contributed by atoms with Crippen LogP contribution in [-0.2, 0) is 20.9 Å². The Kier molecular flexibility index (Phi) is 5.14. The summed E-state index contributed by atoms with van der Waals surface area (Å²) in [6, 6.07) is 14.4. The molecule has 10 heteroatoms. The molecule has 0 radical (unpaired) electrons. The molecule has 0 aliphatic carbocycles. The molecule has 1 N–H and O–H groups in total. The lowest BCUT2D eigenvalue weighted by Crippen LogP contribution is -2.26. The lowest BCUT2D eigenvalue weighted by molar-refractivity contribution is -0.310. The number of hydrogen-bond acceptors (Lipinski definition) is 5. The number of benzene rings is 2. The Hall–Kier alpha value is -2.01. The summed E-state index contributed by atoms with van der Waals surface area (Å²) in [7, 11) is -3.54. The molecule has 1 aromatic heterocycles. The first kappa shape index (κ1) is 20.3. The number of nitrogens with one attached hydrogen (secondary N) is 1. The third-order valence-corrected chi connectivity index (χ3v) is 6.42. The minimum absolute atomic E-state index is 0.227. The lowest BCUT2D eigenvalue weighted by Gasteiger charge is -2.31. The highest BCUT2D eigenvalue weighted by molar-refractivity contribution is 9.11. The van der Waals surface area contributed by atoms with Crippen molar-refractivity contribution in [3.8, 4) is 16.9 Å². The normalized spacial score (nSPS) is 15.9. The van der Waals surface area contributed by atoms with Gasteiger partial charge in [-0.15, -0.1) is 11.3 Å². The molecule has 0 saturated carbocycles. The van der Waals surface area contributed by atoms with Gasteiger partial charge in [-0.2, -0.15) is 8.78 Å². The SMILES string of the molecule is CS(=O)(=O)Nc1ccc2c(c1)C(OC(F)(F)c1ccc(Br)s1)Oc1ccccc1-2. The zero-order chi connectivity index (χ0) is 20.8. The van der Waals surface area contributed by atoms with E-state index in [0.717, 1.165) is 17.6 Å². The second kappa shape index (κ2) is 7.35. The Labute approximate surface area is 178 Å². The summed E-state index contributed by atoms with van der Waals surface area (Å²) in [6.07, 6.45) is -4.03. The summed E-state index contributed by atoms with van der Waals surface area (Å²) in [5.41, 5.74) is 1.85. The number of para-hydroxylation sites is 1. The monoisotopic (exact) mass is 501 g/mol. The molecule has 1 unspecified atom stereocenters. The molecule has 0 saturated heterocycles. The highest BCUT2D eigenvalue weighted by Gasteiger charge is 2.41. The minimum atomic E-state index is -3.61. The zero-order valence-corrected chi connectivity index (χ0v) is 18.1. The predicted octanol–water partition coefficient (Wildman–Crippen LogP) is 5.71. The van der Waals surface area contributed by atoms with Crippen molar-refractivity contribution in [2.24, 2.45) is 0 Å². The highest BCUT2D eigenvalue weighted by atomic mass is 79.9. The number of thiophene rings is 1. The van der Waals surface area contributed by atoms with Gasteiger partial charge < -0.3 is 4.74 Å². The first-order chi connectivity index (χ1) is 13.6. The van der Waals surface area contributed by atoms with Crippen molar-refractivity contribution in [2.45, 2.75) is 12.4 Å². The van der Waals surface area contributed by atoms with Crippen LogP contribution in [0.2, 0.25) is 0 Å². The van der Waals surface area contributed by atoms with Crippen LogP contribution in [0.25, 0.3) is 11.1 Å². The van der Waals surface area contributed by atoms with E-state index >= 15 is 0 Å². The predicted molar refractivity (Wildman–Crippen MR) is 111 cm³/mol. The van der Waals surface area contributed by atoms with Gasteiger partial charge in [-0.25, -0.2) is 8.42 Å². The number of sulfonamides is 1. The second-order valence-electron chi connectivity index (χ2n) is 6.36. The number of fused-ring (bicyclic) bond motifs is 3. The summed E-state index contributed by atoms with van der Waals surface area (Å²) >= 11 is 4.02. The van der Waals surface area contributed by atoms with Crippen molar-refractivity contribution >= 4 is 43.0 Å². The molecular weight excluding hydrogens is 488 g/mol. The Morgan fingerprint density at radius 3 is 2.59 bits per heavy atom. The van der Waals surface area contributed by atoms with Crippen molar-refractivity contribution in [1.82, 2.24) is 0 Å². The van der Waals surface area contributed by atoms with Crippen LogP contribution in [0.15, 0.2) is 58.4 Å². The topological polar surface area (TPSA) is 64.6 Å². The minimum Gasteiger partial charge on any atom is -0.460 e. The molecule has 1 aliphatic heterocycles. The van der Waals surface area contributed by atoms with Gasteiger partial charge in [-0.1, -0.05) is 24.3 Å². The molecule has 2 heterocycles. The maximum Gasteiger partial charge on any atom is 0.395 e. The Morgan fingerprint density at radius 2 is 1.90 bits per heavy atom. The van der Waals surface area contributed by atoms with Crippen LogP contribution in [0.5, 0.6) is 5.75 Å². The smallest absolute Gasteiger partial charge is 0.395 e. The molecule has 29 heavy (non-hydrogen) atoms. The van der Waals surface area contributed by atoms with E-state index in [0.29, 0.717) is 26.2 Å². The average molecular weight is 502 g/mol. The van der Waals surface area contributed by atoms with E-state index in [9.17, 15) is 17.2 Å². The van der Waals surface area contributed by atoms with E-state index < -0.39 is 22.4 Å². The summed E-state index contributed by atoms with van der Waals surface area (Å²) in [5.74, 6) is 0.400. The first-order valence-corrected chi connectivity index (χ1v) is 11.8. The van der Waals surface area contributed by atoms with Crippen LogP contribution in [0, 0.1) is 0 Å². The fraction of sp³-hybridized carbons (Fsp3) is 0.158. The Bertz CT molecular complexity index is 1180. The molecule has 2 aromatic carbocycles. The fourth-order valence-electron chi connectivity index (χ4n) is 3.00. The average Bonchev–Trinajstić information content (AvgIpc) is 3.08. The van der Waals surface area contributed by atoms with E-state index in [-0.39, 0.29) is 10.6 Å². The van der Waals surface area contributed by atoms with Crippen molar-refractivity contribution in [1.29, 1.82) is 0 Å². The van der Waals surface area contributed by atoms with E-state index in [1.165, 1.54) is 18.2 Å². The van der Waals surface area contributed by atoms with Gasteiger partial charge in [0.15, 0.2) is 0 Å². The molecule has 0 spiro atoms. The van der Waals surface area contributed by atoms with Crippen molar-refractivity contribution in [2.75, 3.05) is 11.0 Å². The summed E-state index contributed by atoms with van der Waals surface area (Å²) < 4.78 is 66.4. The number of anilines is 1. The molecule has 3 aromatic rings. The molecule has 4 rings (SSSR count). The molecule has 5 nitrogen and oxygen atoms in total. The van der Waals surface area contributed by atoms with Crippen LogP contribution < -0.4 is 9.46 Å². The summed E-state index contributed by atoms with van der Waals surface area (Å²) in [5, 5.41) is 0. The number of rotatable bonds is 5. The van der Waals surface area contributed by atoms with Gasteiger partial charge in [-0.05, 0) is 51.8 Å². The third kappa shape index (κ3) is 4.30. The van der Waals surface area contributed by atoms with Crippen molar-refractivity contribution in [3.63, 3.8) is 0 Å². The van der Waals surface area contributed by atoms with Crippen LogP contribution in [0.1, 0.15) is 16.7 Å². The number of hydrogen-bond donors (Lipinski definition) is 1. The molecular formula is C19H14BrF2NO4S2.